The van der Waals surface area contributed by atoms with Crippen molar-refractivity contribution in [2.75, 3.05) is 6.54 Å². The SMILES string of the molecule is CCCC=NCC(=O)C1CCC(C(=O)N/N=C\CCC)CC1. The predicted molar refractivity (Wildman–Crippen MR) is 90.3 cm³/mol. The first-order valence-corrected chi connectivity index (χ1v) is 8.51. The van der Waals surface area contributed by atoms with E-state index in [0.717, 1.165) is 51.4 Å². The van der Waals surface area contributed by atoms with Crippen LogP contribution in [0.4, 0.5) is 0 Å². The molecule has 124 valence electrons. The number of hydrogen-bond acceptors (Lipinski definition) is 4. The molecule has 1 amide bonds. The molecule has 1 rings (SSSR count). The molecule has 0 aromatic carbocycles. The second-order valence-corrected chi connectivity index (χ2v) is 5.90. The molecule has 5 heteroatoms. The molecule has 0 saturated heterocycles. The second kappa shape index (κ2) is 11.1. The van der Waals surface area contributed by atoms with Gasteiger partial charge in [0.25, 0.3) is 0 Å². The van der Waals surface area contributed by atoms with Crippen molar-refractivity contribution < 1.29 is 9.59 Å². The normalized spacial score (nSPS) is 22.3. The minimum absolute atomic E-state index is 0.00795. The zero-order valence-electron chi connectivity index (χ0n) is 13.9. The molecule has 0 spiro atoms. The summed E-state index contributed by atoms with van der Waals surface area (Å²) in [6.07, 6.45) is 10.6. The van der Waals surface area contributed by atoms with Crippen molar-refractivity contribution in [1.29, 1.82) is 0 Å². The summed E-state index contributed by atoms with van der Waals surface area (Å²) in [5.41, 5.74) is 2.60. The van der Waals surface area contributed by atoms with Gasteiger partial charge in [-0.05, 0) is 44.7 Å². The monoisotopic (exact) mass is 307 g/mol. The Hall–Kier alpha value is -1.52. The highest BCUT2D eigenvalue weighted by molar-refractivity contribution is 5.85. The summed E-state index contributed by atoms with van der Waals surface area (Å²) in [7, 11) is 0. The summed E-state index contributed by atoms with van der Waals surface area (Å²) in [4.78, 5) is 28.2. The Labute approximate surface area is 133 Å². The Bertz CT molecular complexity index is 359. The Balaban J connectivity index is 2.27. The quantitative estimate of drug-likeness (QED) is 0.525. The van der Waals surface area contributed by atoms with Crippen LogP contribution in [0, 0.1) is 11.8 Å². The summed E-state index contributed by atoms with van der Waals surface area (Å²) in [5, 5.41) is 3.94. The third-order valence-corrected chi connectivity index (χ3v) is 4.03. The van der Waals surface area contributed by atoms with Crippen LogP contribution in [-0.4, -0.2) is 30.7 Å². The van der Waals surface area contributed by atoms with Crippen LogP contribution in [0.2, 0.25) is 0 Å². The van der Waals surface area contributed by atoms with E-state index in [1.807, 2.05) is 6.21 Å². The molecule has 1 aliphatic rings. The van der Waals surface area contributed by atoms with Gasteiger partial charge < -0.3 is 0 Å². The van der Waals surface area contributed by atoms with E-state index in [9.17, 15) is 9.59 Å². The van der Waals surface area contributed by atoms with E-state index in [-0.39, 0.29) is 23.5 Å². The van der Waals surface area contributed by atoms with Gasteiger partial charge in [0.15, 0.2) is 5.78 Å². The Kier molecular flexibility index (Phi) is 9.35. The van der Waals surface area contributed by atoms with E-state index in [0.29, 0.717) is 6.54 Å². The fraction of sp³-hybridized carbons (Fsp3) is 0.765. The smallest absolute Gasteiger partial charge is 0.243 e. The molecular weight excluding hydrogens is 278 g/mol. The number of rotatable bonds is 9. The average molecular weight is 307 g/mol. The minimum atomic E-state index is -0.0146. The van der Waals surface area contributed by atoms with Gasteiger partial charge in [-0.25, -0.2) is 5.43 Å². The van der Waals surface area contributed by atoms with Crippen LogP contribution in [0.25, 0.3) is 0 Å². The molecule has 1 fully saturated rings. The lowest BCUT2D eigenvalue weighted by molar-refractivity contribution is -0.128. The lowest BCUT2D eigenvalue weighted by Crippen LogP contribution is -2.32. The first-order valence-electron chi connectivity index (χ1n) is 8.51. The zero-order chi connectivity index (χ0) is 16.2. The number of hydrogen-bond donors (Lipinski definition) is 1. The van der Waals surface area contributed by atoms with Crippen molar-refractivity contribution in [2.45, 2.75) is 65.2 Å². The third kappa shape index (κ3) is 6.96. The molecule has 0 aromatic heterocycles. The summed E-state index contributed by atoms with van der Waals surface area (Å²) in [6, 6.07) is 0. The molecule has 5 nitrogen and oxygen atoms in total. The van der Waals surface area contributed by atoms with Crippen LogP contribution in [0.1, 0.15) is 65.2 Å². The minimum Gasteiger partial charge on any atom is -0.297 e. The molecule has 0 atom stereocenters. The zero-order valence-corrected chi connectivity index (χ0v) is 13.9. The highest BCUT2D eigenvalue weighted by atomic mass is 16.2. The standard InChI is InChI=1S/C17H29N3O2/c1-3-5-11-18-13-16(21)14-7-9-15(10-8-14)17(22)20-19-12-6-4-2/h11-12,14-15H,3-10,13H2,1-2H3,(H,20,22)/b18-11?,19-12-. The van der Waals surface area contributed by atoms with Gasteiger partial charge in [0.1, 0.15) is 0 Å². The number of hydrazone groups is 1. The summed E-state index contributed by atoms with van der Waals surface area (Å²) >= 11 is 0. The van der Waals surface area contributed by atoms with Crippen LogP contribution in [0.15, 0.2) is 10.1 Å². The lowest BCUT2D eigenvalue weighted by Gasteiger charge is -2.25. The van der Waals surface area contributed by atoms with Crippen molar-refractivity contribution in [3.05, 3.63) is 0 Å². The van der Waals surface area contributed by atoms with Crippen molar-refractivity contribution in [3.63, 3.8) is 0 Å². The van der Waals surface area contributed by atoms with Crippen LogP contribution in [-0.2, 0) is 9.59 Å². The van der Waals surface area contributed by atoms with Crippen LogP contribution in [0.3, 0.4) is 0 Å². The summed E-state index contributed by atoms with van der Waals surface area (Å²) < 4.78 is 0. The average Bonchev–Trinajstić information content (AvgIpc) is 2.55. The van der Waals surface area contributed by atoms with E-state index in [1.165, 1.54) is 0 Å². The molecule has 1 aliphatic carbocycles. The maximum atomic E-state index is 12.0. The maximum absolute atomic E-state index is 12.0. The number of carbonyl (C=O) groups is 2. The first kappa shape index (κ1) is 18.5. The lowest BCUT2D eigenvalue weighted by atomic mass is 9.79. The molecule has 1 saturated carbocycles. The molecule has 0 radical (unpaired) electrons. The van der Waals surface area contributed by atoms with Gasteiger partial charge in [-0.1, -0.05) is 26.7 Å². The van der Waals surface area contributed by atoms with Gasteiger partial charge in [-0.3, -0.25) is 14.6 Å². The second-order valence-electron chi connectivity index (χ2n) is 5.90. The Morgan fingerprint density at radius 1 is 1.00 bits per heavy atom. The number of Topliss-reactive ketones (excluding diaryl/α,β-unsaturated/α-hetero) is 1. The number of unbranched alkanes of at least 4 members (excludes halogenated alkanes) is 2. The molecule has 0 bridgehead atoms. The van der Waals surface area contributed by atoms with Gasteiger partial charge in [0.2, 0.25) is 5.91 Å². The molecule has 0 unspecified atom stereocenters. The molecule has 1 N–H and O–H groups in total. The predicted octanol–water partition coefficient (Wildman–Crippen LogP) is 3.13. The fourth-order valence-corrected chi connectivity index (χ4v) is 2.58. The number of aliphatic imine (C=N–C) groups is 1. The summed E-state index contributed by atoms with van der Waals surface area (Å²) in [5.74, 6) is 0.268. The van der Waals surface area contributed by atoms with E-state index in [2.05, 4.69) is 29.4 Å². The fourth-order valence-electron chi connectivity index (χ4n) is 2.58. The van der Waals surface area contributed by atoms with E-state index < -0.39 is 0 Å². The molecule has 0 heterocycles. The Morgan fingerprint density at radius 3 is 2.23 bits per heavy atom. The van der Waals surface area contributed by atoms with E-state index in [4.69, 9.17) is 0 Å². The van der Waals surface area contributed by atoms with Crippen molar-refractivity contribution >= 4 is 24.1 Å². The molecular formula is C17H29N3O2. The van der Waals surface area contributed by atoms with Gasteiger partial charge >= 0.3 is 0 Å². The highest BCUT2D eigenvalue weighted by Crippen LogP contribution is 2.29. The number of carbonyl (C=O) groups excluding carboxylic acids is 2. The number of ketones is 1. The van der Waals surface area contributed by atoms with Crippen LogP contribution in [0.5, 0.6) is 0 Å². The van der Waals surface area contributed by atoms with Gasteiger partial charge in [0.05, 0.1) is 6.54 Å². The first-order chi connectivity index (χ1) is 10.7. The van der Waals surface area contributed by atoms with Gasteiger partial charge in [0, 0.05) is 18.1 Å². The maximum Gasteiger partial charge on any atom is 0.243 e. The molecule has 22 heavy (non-hydrogen) atoms. The molecule has 0 aromatic rings. The topological polar surface area (TPSA) is 70.9 Å². The van der Waals surface area contributed by atoms with Crippen molar-refractivity contribution in [1.82, 2.24) is 5.43 Å². The van der Waals surface area contributed by atoms with Crippen LogP contribution >= 0.6 is 0 Å². The molecule has 0 aliphatic heterocycles. The third-order valence-electron chi connectivity index (χ3n) is 4.03. The highest BCUT2D eigenvalue weighted by Gasteiger charge is 2.29. The van der Waals surface area contributed by atoms with Gasteiger partial charge in [-0.2, -0.15) is 5.10 Å². The Morgan fingerprint density at radius 2 is 1.59 bits per heavy atom. The number of nitrogens with one attached hydrogen (secondary N) is 1. The van der Waals surface area contributed by atoms with Crippen LogP contribution < -0.4 is 5.43 Å². The number of amides is 1. The van der Waals surface area contributed by atoms with Crippen molar-refractivity contribution in [2.24, 2.45) is 21.9 Å². The van der Waals surface area contributed by atoms with E-state index in [1.54, 1.807) is 6.21 Å². The number of nitrogens with zero attached hydrogens (tertiary/aromatic N) is 2. The summed E-state index contributed by atoms with van der Waals surface area (Å²) in [6.45, 7) is 4.45. The van der Waals surface area contributed by atoms with Gasteiger partial charge in [-0.15, -0.1) is 0 Å². The largest absolute Gasteiger partial charge is 0.297 e. The van der Waals surface area contributed by atoms with Crippen molar-refractivity contribution in [3.8, 4) is 0 Å². The van der Waals surface area contributed by atoms with E-state index >= 15 is 0 Å².